The maximum atomic E-state index is 12.8. The monoisotopic (exact) mass is 1110 g/mol. The maximum absolute atomic E-state index is 12.8. The number of fused-ring (bicyclic) bond motifs is 9. The van der Waals surface area contributed by atoms with E-state index in [4.69, 9.17) is 5.73 Å². The van der Waals surface area contributed by atoms with Gasteiger partial charge in [0.25, 0.3) is 0 Å². The van der Waals surface area contributed by atoms with Crippen LogP contribution in [0.4, 0.5) is 0 Å². The summed E-state index contributed by atoms with van der Waals surface area (Å²) in [6.07, 6.45) is -1.71. The number of aromatic hydroxyl groups is 26. The van der Waals surface area contributed by atoms with Crippen molar-refractivity contribution in [2.24, 2.45) is 10.7 Å². The Balaban J connectivity index is 1.46. The second-order valence-corrected chi connectivity index (χ2v) is 17.9. The molecule has 0 aliphatic carbocycles. The van der Waals surface area contributed by atoms with Gasteiger partial charge in [0.15, 0.2) is 86.3 Å². The van der Waals surface area contributed by atoms with E-state index in [1.807, 2.05) is 0 Å². The molecule has 0 radical (unpaired) electrons. The first-order chi connectivity index (χ1) is 37.3. The highest BCUT2D eigenvalue weighted by atomic mass is 16.4. The van der Waals surface area contributed by atoms with Gasteiger partial charge in [0.2, 0.25) is 63.5 Å². The van der Waals surface area contributed by atoms with Crippen LogP contribution in [0.15, 0.2) is 10.8 Å². The molecule has 0 fully saturated rings. The molecule has 10 rings (SSSR count). The Morgan fingerprint density at radius 3 is 1.01 bits per heavy atom. The Morgan fingerprint density at radius 1 is 0.312 bits per heavy atom. The van der Waals surface area contributed by atoms with Crippen molar-refractivity contribution >= 4 is 104 Å². The summed E-state index contributed by atoms with van der Waals surface area (Å²) < 4.78 is 0.703. The number of aliphatic imine (C=N–C) groups is 1. The molecule has 34 heteroatoms. The van der Waals surface area contributed by atoms with E-state index in [9.17, 15) is 138 Å². The van der Waals surface area contributed by atoms with E-state index in [1.54, 1.807) is 0 Å². The van der Waals surface area contributed by atoms with Crippen LogP contribution in [-0.4, -0.2) is 173 Å². The van der Waals surface area contributed by atoms with E-state index in [0.717, 1.165) is 15.7 Å². The molecule has 0 unspecified atom stereocenters. The van der Waals surface area contributed by atoms with Crippen LogP contribution >= 0.6 is 0 Å². The van der Waals surface area contributed by atoms with E-state index in [-0.39, 0.29) is 9.13 Å². The van der Waals surface area contributed by atoms with Gasteiger partial charge in [0.05, 0.1) is 32.3 Å². The Kier molecular flexibility index (Phi) is 10.4. The minimum Gasteiger partial charge on any atom is -0.508 e. The third-order valence-electron chi connectivity index (χ3n) is 13.8. The number of benzene rings is 7. The highest BCUT2D eigenvalue weighted by Gasteiger charge is 2.39. The van der Waals surface area contributed by atoms with Crippen LogP contribution in [0.1, 0.15) is 5.56 Å². The number of aliphatic hydroxyl groups excluding tert-OH is 1. The fourth-order valence-corrected chi connectivity index (χ4v) is 9.90. The summed E-state index contributed by atoms with van der Waals surface area (Å²) in [5.41, 5.74) is -4.02. The van der Waals surface area contributed by atoms with Crippen LogP contribution < -0.4 is 16.7 Å². The molecule has 3 aromatic heterocycles. The van der Waals surface area contributed by atoms with E-state index in [1.165, 1.54) is 0 Å². The number of hydrogen-bond donors (Lipinski definition) is 28. The van der Waals surface area contributed by atoms with Crippen LogP contribution in [0.5, 0.6) is 149 Å². The van der Waals surface area contributed by atoms with E-state index in [0.29, 0.717) is 4.57 Å². The molecule has 7 aromatic carbocycles. The molecule has 29 N–H and O–H groups in total. The van der Waals surface area contributed by atoms with Crippen molar-refractivity contribution in [3.05, 3.63) is 11.3 Å². The lowest BCUT2D eigenvalue weighted by Gasteiger charge is -2.21. The van der Waals surface area contributed by atoms with Gasteiger partial charge >= 0.3 is 0 Å². The van der Waals surface area contributed by atoms with Gasteiger partial charge in [-0.1, -0.05) is 0 Å². The number of nitrogens with two attached hydrogens (primary N) is 1. The molecule has 0 spiro atoms. The zero-order chi connectivity index (χ0) is 59.1. The predicted molar refractivity (Wildman–Crippen MR) is 276 cm³/mol. The van der Waals surface area contributed by atoms with E-state index in [2.05, 4.69) is 4.99 Å². The van der Waals surface area contributed by atoms with Crippen molar-refractivity contribution in [1.29, 1.82) is 0 Å². The Morgan fingerprint density at radius 2 is 0.588 bits per heavy atom. The van der Waals surface area contributed by atoms with Gasteiger partial charge in [-0.3, -0.25) is 13.7 Å². The second-order valence-electron chi connectivity index (χ2n) is 17.9. The Hall–Kier alpha value is -12.1. The van der Waals surface area contributed by atoms with E-state index >= 15 is 0 Å². The molecule has 0 amide bonds. The van der Waals surface area contributed by atoms with Gasteiger partial charge in [-0.15, -0.1) is 0 Å². The number of allylic oxidation sites excluding steroid dienone is 1. The Labute approximate surface area is 438 Å². The van der Waals surface area contributed by atoms with Crippen molar-refractivity contribution in [1.82, 2.24) is 13.7 Å². The minimum atomic E-state index is -1.73. The molecule has 80 heavy (non-hydrogen) atoms. The fraction of sp³-hybridized carbons (Fsp3) is 0.0217. The zero-order valence-corrected chi connectivity index (χ0v) is 39.6. The van der Waals surface area contributed by atoms with Crippen LogP contribution in [0.25, 0.3) is 76.9 Å². The van der Waals surface area contributed by atoms with Crippen LogP contribution in [-0.2, 0) is 6.42 Å². The molecule has 412 valence electrons. The number of hydrogen-bond acceptors (Lipinski definition) is 28. The lowest BCUT2D eigenvalue weighted by Crippen LogP contribution is -2.23. The third-order valence-corrected chi connectivity index (χ3v) is 13.8. The number of phenols is 26. The maximum Gasteiger partial charge on any atom is 0.207 e. The number of nitrogens with zero attached hydrogens (tertiary/aromatic N) is 4. The van der Waals surface area contributed by atoms with Gasteiger partial charge in [-0.25, -0.2) is 0 Å². The second kappa shape index (κ2) is 16.2. The smallest absolute Gasteiger partial charge is 0.207 e. The molecule has 0 bridgehead atoms. The lowest BCUT2D eigenvalue weighted by atomic mass is 9.89. The SMILES string of the molecule is Bc1c(O)c(O)c2c(c1O)c1c(O)c(O)c(B)c(O)c1n2C(/N=C(\N)n1c2c(O)c(O)c(O)c(O)c2c2c(O)c(O)c(O)c(O)c21)=C(\O)Cc1c(O)c(O)c(O)c(O)c1-n1c2c(O)c(O)c(O)c(O)c2c2c(O)c(O)c(O)c(O)c21. The highest BCUT2D eigenvalue weighted by molar-refractivity contribution is 6.42. The quantitative estimate of drug-likeness (QED) is 0.0262. The standard InChI is InChI=1S/C46H35B2N5O27/c47-10-20(56)4-5-13(26(62)11(48)27(63)21(5)57)52(16(4)30(66)28(10)64)45(50-46(49)53-17-8(24(60)38(74)43(79)33(17)69)9-18(53)34(70)44(80)39(75)25(9)61)3(54)1-2-12(29(65)40(76)35(71)19(2)55)51-14-6(22(58)36(72)41(77)31(14)67)7-15(51)32(68)42(78)37(73)23(7)59/h54-80H,1,47-48H2,(H2,49,50)/b45-3-. The summed E-state index contributed by atoms with van der Waals surface area (Å²) in [5.74, 6) is -43.3. The molecule has 0 saturated carbocycles. The van der Waals surface area contributed by atoms with Crippen molar-refractivity contribution < 1.29 is 138 Å². The zero-order valence-electron chi connectivity index (χ0n) is 39.6. The summed E-state index contributed by atoms with van der Waals surface area (Å²) in [5, 5.41) is 298. The summed E-state index contributed by atoms with van der Waals surface area (Å²) in [7, 11) is 1.98. The van der Waals surface area contributed by atoms with Crippen molar-refractivity contribution in [2.75, 3.05) is 0 Å². The molecule has 3 heterocycles. The van der Waals surface area contributed by atoms with Crippen LogP contribution in [0, 0.1) is 0 Å². The lowest BCUT2D eigenvalue weighted by molar-refractivity contribution is 0.339. The molecule has 0 aliphatic heterocycles. The number of phenolic OH excluding ortho intramolecular Hbond substituents is 26. The molecule has 0 atom stereocenters. The first-order valence-electron chi connectivity index (χ1n) is 22.0. The summed E-state index contributed by atoms with van der Waals surface area (Å²) in [6, 6.07) is 0. The predicted octanol–water partition coefficient (Wildman–Crippen LogP) is -0.348. The molecular weight excluding hydrogens is 1080 g/mol. The number of aliphatic hydroxyl groups is 1. The fourth-order valence-electron chi connectivity index (χ4n) is 9.90. The van der Waals surface area contributed by atoms with Gasteiger partial charge in [-0.2, -0.15) is 4.99 Å². The first kappa shape index (κ1) is 51.4. The minimum absolute atomic E-state index is 0.175. The summed E-state index contributed by atoms with van der Waals surface area (Å²) in [6.45, 7) is 0. The molecule has 32 nitrogen and oxygen atoms in total. The highest BCUT2D eigenvalue weighted by Crippen LogP contribution is 2.63. The molecular formula is C46H35B2N5O27. The largest absolute Gasteiger partial charge is 0.508 e. The third kappa shape index (κ3) is 5.95. The van der Waals surface area contributed by atoms with Crippen molar-refractivity contribution in [3.8, 4) is 155 Å². The van der Waals surface area contributed by atoms with Gasteiger partial charge < -0.3 is 144 Å². The molecule has 0 aliphatic rings. The number of rotatable bonds is 5. The van der Waals surface area contributed by atoms with Crippen LogP contribution in [0.2, 0.25) is 0 Å². The van der Waals surface area contributed by atoms with E-state index < -0.39 is 261 Å². The molecule has 0 saturated heterocycles. The van der Waals surface area contributed by atoms with Gasteiger partial charge in [0.1, 0.15) is 71.7 Å². The summed E-state index contributed by atoms with van der Waals surface area (Å²) in [4.78, 5) is 4.14. The first-order valence-corrected chi connectivity index (χ1v) is 22.0. The van der Waals surface area contributed by atoms with Crippen molar-refractivity contribution in [3.63, 3.8) is 0 Å². The molecule has 10 aromatic rings. The van der Waals surface area contributed by atoms with Crippen LogP contribution in [0.3, 0.4) is 0 Å². The topological polar surface area (TPSA) is 599 Å². The van der Waals surface area contributed by atoms with Crippen molar-refractivity contribution in [2.45, 2.75) is 6.42 Å². The number of aromatic nitrogens is 3. The average Bonchev–Trinajstić information content (AvgIpc) is 3.76. The van der Waals surface area contributed by atoms with Gasteiger partial charge in [-0.05, 0) is 10.9 Å². The summed E-state index contributed by atoms with van der Waals surface area (Å²) >= 11 is 0. The van der Waals surface area contributed by atoms with Gasteiger partial charge in [0, 0.05) is 12.0 Å². The Bertz CT molecular complexity index is 4460. The normalized spacial score (nSPS) is 12.6. The average molecular weight is 1110 g/mol.